The van der Waals surface area contributed by atoms with Gasteiger partial charge in [0.25, 0.3) is 0 Å². The summed E-state index contributed by atoms with van der Waals surface area (Å²) in [5.74, 6) is 0.379. The summed E-state index contributed by atoms with van der Waals surface area (Å²) in [6, 6.07) is 6.00. The van der Waals surface area contributed by atoms with Crippen molar-refractivity contribution in [3.8, 4) is 5.75 Å². The van der Waals surface area contributed by atoms with Crippen LogP contribution in [0, 0.1) is 6.92 Å². The van der Waals surface area contributed by atoms with Gasteiger partial charge in [-0.25, -0.2) is 0 Å². The molecule has 1 aromatic carbocycles. The Bertz CT molecular complexity index is 337. The van der Waals surface area contributed by atoms with Gasteiger partial charge in [0.1, 0.15) is 5.75 Å². The van der Waals surface area contributed by atoms with Crippen molar-refractivity contribution in [1.29, 1.82) is 0 Å². The van der Waals surface area contributed by atoms with E-state index in [0.717, 1.165) is 24.2 Å². The second-order valence-corrected chi connectivity index (χ2v) is 4.54. The summed E-state index contributed by atoms with van der Waals surface area (Å²) < 4.78 is 0. The summed E-state index contributed by atoms with van der Waals surface area (Å²) in [4.78, 5) is 2.13. The van der Waals surface area contributed by atoms with E-state index in [0.29, 0.717) is 5.75 Å². The Hall–Kier alpha value is -1.06. The van der Waals surface area contributed by atoms with Crippen LogP contribution in [0.1, 0.15) is 24.1 Å². The summed E-state index contributed by atoms with van der Waals surface area (Å²) in [5.41, 5.74) is 2.05. The van der Waals surface area contributed by atoms with Crippen LogP contribution in [0.4, 0.5) is 0 Å². The third-order valence-corrected chi connectivity index (χ3v) is 2.66. The van der Waals surface area contributed by atoms with E-state index in [1.165, 1.54) is 0 Å². The van der Waals surface area contributed by atoms with Crippen LogP contribution in [-0.2, 0) is 0 Å². The third-order valence-electron chi connectivity index (χ3n) is 2.66. The predicted molar refractivity (Wildman–Crippen MR) is 67.8 cm³/mol. The lowest BCUT2D eigenvalue weighted by Crippen LogP contribution is -2.28. The lowest BCUT2D eigenvalue weighted by Gasteiger charge is -2.17. The first-order valence-electron chi connectivity index (χ1n) is 5.68. The molecule has 1 aromatic rings. The van der Waals surface area contributed by atoms with E-state index in [1.807, 2.05) is 19.1 Å². The van der Waals surface area contributed by atoms with Crippen molar-refractivity contribution in [2.75, 3.05) is 27.2 Å². The predicted octanol–water partition coefficient (Wildman–Crippen LogP) is 1.91. The zero-order valence-electron chi connectivity index (χ0n) is 10.6. The van der Waals surface area contributed by atoms with Gasteiger partial charge in [-0.3, -0.25) is 0 Å². The number of aryl methyl sites for hydroxylation is 1. The fraction of sp³-hybridized carbons (Fsp3) is 0.538. The van der Waals surface area contributed by atoms with E-state index in [-0.39, 0.29) is 6.04 Å². The molecule has 0 amide bonds. The highest BCUT2D eigenvalue weighted by Crippen LogP contribution is 2.24. The fourth-order valence-corrected chi connectivity index (χ4v) is 1.63. The second-order valence-electron chi connectivity index (χ2n) is 4.54. The monoisotopic (exact) mass is 222 g/mol. The molecular weight excluding hydrogens is 200 g/mol. The molecule has 2 N–H and O–H groups in total. The zero-order valence-corrected chi connectivity index (χ0v) is 10.6. The third kappa shape index (κ3) is 3.83. The number of aromatic hydroxyl groups is 1. The normalized spacial score (nSPS) is 13.1. The van der Waals surface area contributed by atoms with Crippen LogP contribution >= 0.6 is 0 Å². The van der Waals surface area contributed by atoms with Gasteiger partial charge in [-0.1, -0.05) is 12.1 Å². The first kappa shape index (κ1) is 13.0. The lowest BCUT2D eigenvalue weighted by molar-refractivity contribution is 0.385. The van der Waals surface area contributed by atoms with Gasteiger partial charge in [0.2, 0.25) is 0 Å². The molecule has 0 bridgehead atoms. The van der Waals surface area contributed by atoms with Crippen molar-refractivity contribution in [2.45, 2.75) is 19.9 Å². The van der Waals surface area contributed by atoms with Gasteiger partial charge in [0.05, 0.1) is 0 Å². The molecule has 90 valence electrons. The number of rotatable bonds is 5. The van der Waals surface area contributed by atoms with Gasteiger partial charge in [-0.2, -0.15) is 0 Å². The molecular formula is C13H22N2O. The Morgan fingerprint density at radius 2 is 2.06 bits per heavy atom. The van der Waals surface area contributed by atoms with Gasteiger partial charge in [-0.05, 0) is 39.6 Å². The Morgan fingerprint density at radius 1 is 1.38 bits per heavy atom. The molecule has 3 nitrogen and oxygen atoms in total. The highest BCUT2D eigenvalue weighted by atomic mass is 16.3. The summed E-state index contributed by atoms with van der Waals surface area (Å²) in [7, 11) is 4.10. The van der Waals surface area contributed by atoms with Crippen molar-refractivity contribution in [3.63, 3.8) is 0 Å². The largest absolute Gasteiger partial charge is 0.508 e. The average Bonchev–Trinajstić information content (AvgIpc) is 2.16. The van der Waals surface area contributed by atoms with Gasteiger partial charge in [0, 0.05) is 24.7 Å². The molecule has 0 spiro atoms. The molecule has 0 heterocycles. The Kier molecular flexibility index (Phi) is 4.77. The van der Waals surface area contributed by atoms with Crippen molar-refractivity contribution >= 4 is 0 Å². The van der Waals surface area contributed by atoms with E-state index in [2.05, 4.69) is 31.2 Å². The summed E-state index contributed by atoms with van der Waals surface area (Å²) in [6.45, 7) is 5.96. The number of nitrogens with one attached hydrogen (secondary N) is 1. The number of phenolic OH excluding ortho intramolecular Hbond substituents is 1. The molecule has 1 rings (SSSR count). The Morgan fingerprint density at radius 3 is 2.62 bits per heavy atom. The minimum atomic E-state index is 0.181. The molecule has 0 saturated heterocycles. The van der Waals surface area contributed by atoms with E-state index < -0.39 is 0 Å². The minimum Gasteiger partial charge on any atom is -0.508 e. The molecule has 0 aliphatic carbocycles. The van der Waals surface area contributed by atoms with Crippen LogP contribution < -0.4 is 5.32 Å². The molecule has 0 saturated carbocycles. The summed E-state index contributed by atoms with van der Waals surface area (Å²) in [6.07, 6.45) is 0. The smallest absolute Gasteiger partial charge is 0.120 e. The first-order valence-corrected chi connectivity index (χ1v) is 5.68. The van der Waals surface area contributed by atoms with Crippen molar-refractivity contribution in [1.82, 2.24) is 10.2 Å². The Balaban J connectivity index is 2.55. The van der Waals surface area contributed by atoms with Gasteiger partial charge in [-0.15, -0.1) is 0 Å². The number of hydrogen-bond donors (Lipinski definition) is 2. The minimum absolute atomic E-state index is 0.181. The topological polar surface area (TPSA) is 35.5 Å². The summed E-state index contributed by atoms with van der Waals surface area (Å²) >= 11 is 0. The molecule has 16 heavy (non-hydrogen) atoms. The first-order chi connectivity index (χ1) is 7.50. The number of benzene rings is 1. The van der Waals surface area contributed by atoms with Gasteiger partial charge < -0.3 is 15.3 Å². The zero-order chi connectivity index (χ0) is 12.1. The number of nitrogens with zero attached hydrogens (tertiary/aromatic N) is 1. The van der Waals surface area contributed by atoms with Crippen LogP contribution in [0.25, 0.3) is 0 Å². The number of likely N-dealkylation sites (N-methyl/N-ethyl adjacent to an activating group) is 1. The molecule has 1 atom stereocenters. The molecule has 0 radical (unpaired) electrons. The molecule has 0 aromatic heterocycles. The van der Waals surface area contributed by atoms with E-state index in [4.69, 9.17) is 0 Å². The van der Waals surface area contributed by atoms with Gasteiger partial charge >= 0.3 is 0 Å². The maximum Gasteiger partial charge on any atom is 0.120 e. The van der Waals surface area contributed by atoms with Crippen molar-refractivity contribution in [3.05, 3.63) is 29.3 Å². The SMILES string of the molecule is Cc1ccc(C(C)NCCN(C)C)c(O)c1. The fourth-order valence-electron chi connectivity index (χ4n) is 1.63. The van der Waals surface area contributed by atoms with E-state index >= 15 is 0 Å². The van der Waals surface area contributed by atoms with Crippen LogP contribution in [-0.4, -0.2) is 37.2 Å². The molecule has 3 heteroatoms. The van der Waals surface area contributed by atoms with Crippen molar-refractivity contribution < 1.29 is 5.11 Å². The molecule has 1 unspecified atom stereocenters. The van der Waals surface area contributed by atoms with Crippen LogP contribution in [0.5, 0.6) is 5.75 Å². The van der Waals surface area contributed by atoms with Crippen LogP contribution in [0.2, 0.25) is 0 Å². The quantitative estimate of drug-likeness (QED) is 0.799. The summed E-state index contributed by atoms with van der Waals surface area (Å²) in [5, 5.41) is 13.2. The number of phenols is 1. The molecule has 0 fully saturated rings. The van der Waals surface area contributed by atoms with Crippen LogP contribution in [0.3, 0.4) is 0 Å². The average molecular weight is 222 g/mol. The molecule has 0 aliphatic rings. The molecule has 0 aliphatic heterocycles. The van der Waals surface area contributed by atoms with Gasteiger partial charge in [0.15, 0.2) is 0 Å². The maximum absolute atomic E-state index is 9.82. The highest BCUT2D eigenvalue weighted by Gasteiger charge is 2.09. The maximum atomic E-state index is 9.82. The Labute approximate surface area is 98.1 Å². The van der Waals surface area contributed by atoms with E-state index in [1.54, 1.807) is 6.07 Å². The van der Waals surface area contributed by atoms with Crippen molar-refractivity contribution in [2.24, 2.45) is 0 Å². The lowest BCUT2D eigenvalue weighted by atomic mass is 10.1. The number of hydrogen-bond acceptors (Lipinski definition) is 3. The second kappa shape index (κ2) is 5.87. The van der Waals surface area contributed by atoms with E-state index in [9.17, 15) is 5.11 Å². The standard InChI is InChI=1S/C13H22N2O/c1-10-5-6-12(13(16)9-10)11(2)14-7-8-15(3)4/h5-6,9,11,14,16H,7-8H2,1-4H3. The highest BCUT2D eigenvalue weighted by molar-refractivity contribution is 5.37. The van der Waals surface area contributed by atoms with Crippen LogP contribution in [0.15, 0.2) is 18.2 Å².